The summed E-state index contributed by atoms with van der Waals surface area (Å²) in [6, 6.07) is 23.4. The zero-order valence-corrected chi connectivity index (χ0v) is 21.6. The van der Waals surface area contributed by atoms with E-state index in [1.807, 2.05) is 0 Å². The van der Waals surface area contributed by atoms with E-state index in [-0.39, 0.29) is 11.5 Å². The van der Waals surface area contributed by atoms with Crippen molar-refractivity contribution in [2.24, 2.45) is 0 Å². The lowest BCUT2D eigenvalue weighted by Crippen LogP contribution is -2.63. The van der Waals surface area contributed by atoms with Gasteiger partial charge in [-0.25, -0.2) is 0 Å². The lowest BCUT2D eigenvalue weighted by atomic mass is 9.98. The maximum atomic E-state index is 14.0. The van der Waals surface area contributed by atoms with Crippen LogP contribution < -0.4 is 18.4 Å². The van der Waals surface area contributed by atoms with E-state index in [1.165, 1.54) is 12.4 Å². The van der Waals surface area contributed by atoms with Gasteiger partial charge in [0.05, 0.1) is 25.7 Å². The van der Waals surface area contributed by atoms with Crippen LogP contribution in [0.25, 0.3) is 23.7 Å². The van der Waals surface area contributed by atoms with Crippen LogP contribution in [0.2, 0.25) is 0 Å². The Hall–Kier alpha value is -4.73. The summed E-state index contributed by atoms with van der Waals surface area (Å²) in [5.41, 5.74) is 1.99. The van der Waals surface area contributed by atoms with Gasteiger partial charge in [0.1, 0.15) is 23.9 Å². The van der Waals surface area contributed by atoms with E-state index in [0.717, 1.165) is 8.96 Å². The Labute approximate surface area is 228 Å². The first-order chi connectivity index (χ1) is 19.2. The molecule has 0 radical (unpaired) electrons. The fourth-order valence-electron chi connectivity index (χ4n) is 4.30. The molecule has 12 heteroatoms. The second-order valence-corrected chi connectivity index (χ2v) is 8.90. The predicted molar refractivity (Wildman–Crippen MR) is 144 cm³/mol. The molecule has 2 aliphatic heterocycles. The van der Waals surface area contributed by atoms with Crippen molar-refractivity contribution in [2.45, 2.75) is 0 Å². The molecule has 0 N–H and O–H groups in total. The van der Waals surface area contributed by atoms with Crippen LogP contribution in [0, 0.1) is 0 Å². The Balaban J connectivity index is 0.000000161. The number of ether oxygens (including phenoxy) is 2. The number of methoxy groups -OCH3 is 2. The average molecular weight is 550 g/mol. The fraction of sp³-hybridized carbons (Fsp3) is 0.0714. The molecule has 6 nitrogen and oxygen atoms in total. The van der Waals surface area contributed by atoms with E-state index in [4.69, 9.17) is 18.8 Å². The summed E-state index contributed by atoms with van der Waals surface area (Å²) in [6.07, 6.45) is 5.83. The molecular weight excluding hydrogens is 526 g/mol. The van der Waals surface area contributed by atoms with Gasteiger partial charge in [-0.15, -0.1) is 0 Å². The standard InChI is InChI=1S/2C14H12BF2NO2/c2*1-19-13-7-5-11(6-8-13)14-10-12-4-2-3-9-18(12)15(16,17)20-14/h2*2-10H,1H3. The highest BCUT2D eigenvalue weighted by Gasteiger charge is 2.49. The summed E-state index contributed by atoms with van der Waals surface area (Å²) in [4.78, 5) is 0. The lowest BCUT2D eigenvalue weighted by Gasteiger charge is -2.27. The molecule has 204 valence electrons. The van der Waals surface area contributed by atoms with Crippen molar-refractivity contribution in [3.8, 4) is 11.5 Å². The number of nitrogens with zero attached hydrogens (tertiary/aromatic N) is 2. The number of halogens is 4. The summed E-state index contributed by atoms with van der Waals surface area (Å²) in [5.74, 6) is 1.64. The Bertz CT molecular complexity index is 1460. The summed E-state index contributed by atoms with van der Waals surface area (Å²) >= 11 is 0. The van der Waals surface area contributed by atoms with Gasteiger partial charge in [0.15, 0.2) is 11.4 Å². The summed E-state index contributed by atoms with van der Waals surface area (Å²) in [7, 11) is -5.11. The molecule has 2 aromatic carbocycles. The van der Waals surface area contributed by atoms with Crippen LogP contribution >= 0.6 is 0 Å². The van der Waals surface area contributed by atoms with Crippen LogP contribution in [0.15, 0.2) is 97.3 Å². The topological polar surface area (TPSA) is 44.7 Å². The van der Waals surface area contributed by atoms with Crippen molar-refractivity contribution in [2.75, 3.05) is 14.2 Å². The van der Waals surface area contributed by atoms with Gasteiger partial charge in [-0.1, -0.05) is 12.1 Å². The number of pyridine rings is 2. The third-order valence-corrected chi connectivity index (χ3v) is 6.34. The minimum Gasteiger partial charge on any atom is -0.599 e. The first-order valence-electron chi connectivity index (χ1n) is 12.3. The van der Waals surface area contributed by atoms with Crippen LogP contribution in [-0.4, -0.2) is 28.3 Å². The highest BCUT2D eigenvalue weighted by molar-refractivity contribution is 6.51. The molecule has 0 unspecified atom stereocenters. The van der Waals surface area contributed by atoms with Crippen molar-refractivity contribution in [3.05, 3.63) is 120 Å². The Kier molecular flexibility index (Phi) is 7.25. The number of fused-ring (bicyclic) bond motifs is 2. The number of rotatable bonds is 4. The first kappa shape index (κ1) is 26.9. The highest BCUT2D eigenvalue weighted by Crippen LogP contribution is 2.29. The molecule has 0 aliphatic carbocycles. The molecule has 0 saturated carbocycles. The largest absolute Gasteiger partial charge is 0.834 e. The minimum atomic E-state index is -4.10. The van der Waals surface area contributed by atoms with Crippen LogP contribution in [0.1, 0.15) is 22.5 Å². The predicted octanol–water partition coefficient (Wildman–Crippen LogP) is 5.47. The molecule has 2 aromatic heterocycles. The normalized spacial score (nSPS) is 15.8. The van der Waals surface area contributed by atoms with Crippen LogP contribution in [0.4, 0.5) is 17.3 Å². The van der Waals surface area contributed by atoms with Gasteiger partial charge in [0.2, 0.25) is 0 Å². The van der Waals surface area contributed by atoms with Gasteiger partial charge in [-0.2, -0.15) is 0 Å². The zero-order valence-electron chi connectivity index (χ0n) is 21.6. The van der Waals surface area contributed by atoms with E-state index >= 15 is 0 Å². The molecule has 0 bridgehead atoms. The summed E-state index contributed by atoms with van der Waals surface area (Å²) in [6.45, 7) is 0. The van der Waals surface area contributed by atoms with Crippen molar-refractivity contribution in [3.63, 3.8) is 0 Å². The van der Waals surface area contributed by atoms with E-state index in [2.05, 4.69) is 0 Å². The fourth-order valence-corrected chi connectivity index (χ4v) is 4.30. The molecule has 4 heterocycles. The van der Waals surface area contributed by atoms with E-state index in [0.29, 0.717) is 34.0 Å². The van der Waals surface area contributed by atoms with Gasteiger partial charge >= 0.3 is 14.1 Å². The molecular formula is C28H24B2F4N2O4. The van der Waals surface area contributed by atoms with Crippen molar-refractivity contribution in [1.82, 2.24) is 0 Å². The SMILES string of the molecule is COc1ccc(C2=Cc3cccc[n+]3[B-](F)(F)O2)cc1.COc1ccc(C2=Cc3cccc[n+]3[B-](F)(F)O2)cc1. The van der Waals surface area contributed by atoms with Crippen LogP contribution in [-0.2, 0) is 9.31 Å². The third kappa shape index (κ3) is 5.51. The lowest BCUT2D eigenvalue weighted by molar-refractivity contribution is -0.584. The maximum Gasteiger partial charge on any atom is 0.834 e. The molecule has 0 saturated heterocycles. The molecule has 40 heavy (non-hydrogen) atoms. The molecule has 0 amide bonds. The molecule has 0 fully saturated rings. The van der Waals surface area contributed by atoms with Crippen LogP contribution in [0.3, 0.4) is 0 Å². The zero-order chi connectivity index (χ0) is 28.3. The monoisotopic (exact) mass is 550 g/mol. The summed E-state index contributed by atoms with van der Waals surface area (Å²) < 4.78 is 77.6. The molecule has 2 aliphatic rings. The van der Waals surface area contributed by atoms with Crippen molar-refractivity contribution in [1.29, 1.82) is 0 Å². The number of hydrogen-bond acceptors (Lipinski definition) is 4. The number of benzene rings is 2. The van der Waals surface area contributed by atoms with E-state index < -0.39 is 14.1 Å². The molecule has 0 atom stereocenters. The van der Waals surface area contributed by atoms with Gasteiger partial charge in [0.25, 0.3) is 0 Å². The van der Waals surface area contributed by atoms with Crippen molar-refractivity contribution >= 4 is 37.7 Å². The smallest absolute Gasteiger partial charge is 0.599 e. The second-order valence-electron chi connectivity index (χ2n) is 8.90. The summed E-state index contributed by atoms with van der Waals surface area (Å²) in [5, 5.41) is 0. The molecule has 4 aromatic rings. The Morgan fingerprint density at radius 2 is 0.925 bits per heavy atom. The maximum absolute atomic E-state index is 14.0. The van der Waals surface area contributed by atoms with Gasteiger partial charge < -0.3 is 45.0 Å². The van der Waals surface area contributed by atoms with E-state index in [1.54, 1.807) is 111 Å². The Morgan fingerprint density at radius 1 is 0.550 bits per heavy atom. The molecule has 6 rings (SSSR count). The van der Waals surface area contributed by atoms with Gasteiger partial charge in [0, 0.05) is 35.4 Å². The minimum absolute atomic E-state index is 0.156. The van der Waals surface area contributed by atoms with Crippen molar-refractivity contribution < 1.29 is 45.0 Å². The number of aromatic nitrogens is 2. The number of hydrogen-bond donors (Lipinski definition) is 0. The second kappa shape index (κ2) is 10.8. The van der Waals surface area contributed by atoms with Crippen LogP contribution in [0.5, 0.6) is 11.5 Å². The quantitative estimate of drug-likeness (QED) is 0.250. The Morgan fingerprint density at radius 3 is 1.27 bits per heavy atom. The highest BCUT2D eigenvalue weighted by atomic mass is 19.3. The third-order valence-electron chi connectivity index (χ3n) is 6.34. The van der Waals surface area contributed by atoms with Gasteiger partial charge in [-0.05, 0) is 60.7 Å². The molecule has 0 spiro atoms. The average Bonchev–Trinajstić information content (AvgIpc) is 2.97. The van der Waals surface area contributed by atoms with E-state index in [9.17, 15) is 17.3 Å². The first-order valence-corrected chi connectivity index (χ1v) is 12.3. The van der Waals surface area contributed by atoms with Gasteiger partial charge in [-0.3, -0.25) is 0 Å².